The quantitative estimate of drug-likeness (QED) is 0.871. The molecule has 2 rings (SSSR count). The minimum atomic E-state index is -3.23. The van der Waals surface area contributed by atoms with Crippen LogP contribution in [0.3, 0.4) is 0 Å². The molecule has 0 aromatic heterocycles. The first kappa shape index (κ1) is 14.0. The zero-order valence-corrected chi connectivity index (χ0v) is 11.8. The van der Waals surface area contributed by atoms with E-state index < -0.39 is 27.7 Å². The molecular weight excluding hydrogens is 341 g/mol. The molecule has 0 saturated heterocycles. The third-order valence-corrected chi connectivity index (χ3v) is 4.75. The number of hydrogen-bond donors (Lipinski definition) is 2. The van der Waals surface area contributed by atoms with Crippen LogP contribution in [0.15, 0.2) is 28.1 Å². The largest absolute Gasteiger partial charge is 0.478 e. The van der Waals surface area contributed by atoms with Crippen molar-refractivity contribution in [1.82, 2.24) is 0 Å². The van der Waals surface area contributed by atoms with Crippen LogP contribution in [0.4, 0.5) is 10.1 Å². The van der Waals surface area contributed by atoms with Gasteiger partial charge in [-0.25, -0.2) is 17.6 Å². The van der Waals surface area contributed by atoms with Crippen molar-refractivity contribution in [3.63, 3.8) is 0 Å². The predicted octanol–water partition coefficient (Wildman–Crippen LogP) is 2.01. The fourth-order valence-electron chi connectivity index (χ4n) is 1.69. The van der Waals surface area contributed by atoms with E-state index in [0.717, 1.165) is 5.41 Å². The van der Waals surface area contributed by atoms with Gasteiger partial charge < -0.3 is 10.4 Å². The maximum Gasteiger partial charge on any atom is 0.336 e. The molecule has 2 N–H and O–H groups in total. The summed E-state index contributed by atoms with van der Waals surface area (Å²) in [6, 6.07) is 1.98. The third-order valence-electron chi connectivity index (χ3n) is 2.58. The number of benzene rings is 1. The first-order valence-electron chi connectivity index (χ1n) is 5.19. The maximum absolute atomic E-state index is 13.9. The number of sulfone groups is 1. The molecule has 1 atom stereocenters. The van der Waals surface area contributed by atoms with Gasteiger partial charge in [-0.3, -0.25) is 0 Å². The molecular formula is C11H9BrFNO4S. The Kier molecular flexibility index (Phi) is 3.64. The SMILES string of the molecule is O=C(O)c1ccc(NC2C=CS(=O)(=O)C2)c(F)c1Br. The number of aromatic carboxylic acids is 1. The summed E-state index contributed by atoms with van der Waals surface area (Å²) >= 11 is 2.87. The Morgan fingerprint density at radius 2 is 2.16 bits per heavy atom. The Labute approximate surface area is 117 Å². The maximum atomic E-state index is 13.9. The number of hydrogen-bond acceptors (Lipinski definition) is 4. The number of carboxylic acids is 1. The number of nitrogens with one attached hydrogen (secondary N) is 1. The van der Waals surface area contributed by atoms with Gasteiger partial charge in [-0.1, -0.05) is 6.08 Å². The lowest BCUT2D eigenvalue weighted by Gasteiger charge is -2.13. The van der Waals surface area contributed by atoms with Crippen molar-refractivity contribution in [2.24, 2.45) is 0 Å². The number of carboxylic acid groups (broad SMARTS) is 1. The summed E-state index contributed by atoms with van der Waals surface area (Å²) in [6.07, 6.45) is 1.42. The van der Waals surface area contributed by atoms with Crippen LogP contribution in [-0.2, 0) is 9.84 Å². The Morgan fingerprint density at radius 3 is 2.68 bits per heavy atom. The lowest BCUT2D eigenvalue weighted by atomic mass is 10.2. The van der Waals surface area contributed by atoms with Crippen LogP contribution >= 0.6 is 15.9 Å². The lowest BCUT2D eigenvalue weighted by Crippen LogP contribution is -2.21. The highest BCUT2D eigenvalue weighted by Gasteiger charge is 2.23. The molecule has 5 nitrogen and oxygen atoms in total. The third kappa shape index (κ3) is 2.95. The molecule has 0 fully saturated rings. The molecule has 0 amide bonds. The van der Waals surface area contributed by atoms with E-state index in [1.807, 2.05) is 0 Å². The Hall–Kier alpha value is -1.41. The van der Waals surface area contributed by atoms with E-state index in [1.54, 1.807) is 0 Å². The molecule has 102 valence electrons. The van der Waals surface area contributed by atoms with Gasteiger partial charge in [0.15, 0.2) is 15.7 Å². The number of anilines is 1. The molecule has 1 aliphatic heterocycles. The van der Waals surface area contributed by atoms with Gasteiger partial charge in [0.1, 0.15) is 0 Å². The molecule has 1 unspecified atom stereocenters. The lowest BCUT2D eigenvalue weighted by molar-refractivity contribution is 0.0695. The van der Waals surface area contributed by atoms with Crippen molar-refractivity contribution in [1.29, 1.82) is 0 Å². The Balaban J connectivity index is 2.26. The van der Waals surface area contributed by atoms with E-state index >= 15 is 0 Å². The van der Waals surface area contributed by atoms with E-state index in [9.17, 15) is 17.6 Å². The van der Waals surface area contributed by atoms with Crippen LogP contribution < -0.4 is 5.32 Å². The Bertz CT molecular complexity index is 672. The summed E-state index contributed by atoms with van der Waals surface area (Å²) in [5, 5.41) is 12.6. The minimum absolute atomic E-state index is 0.0450. The smallest absolute Gasteiger partial charge is 0.336 e. The standard InChI is InChI=1S/C11H9BrFNO4S/c12-9-7(11(15)16)1-2-8(10(9)13)14-6-3-4-19(17,18)5-6/h1-4,6,14H,5H2,(H,15,16). The zero-order chi connectivity index (χ0) is 14.2. The van der Waals surface area contributed by atoms with E-state index in [2.05, 4.69) is 21.2 Å². The summed E-state index contributed by atoms with van der Waals surface area (Å²) in [5.41, 5.74) is -0.152. The second-order valence-corrected chi connectivity index (χ2v) is 6.73. The highest BCUT2D eigenvalue weighted by Crippen LogP contribution is 2.28. The van der Waals surface area contributed by atoms with Crippen LogP contribution in [0, 0.1) is 5.82 Å². The van der Waals surface area contributed by atoms with Crippen LogP contribution in [0.5, 0.6) is 0 Å². The Morgan fingerprint density at radius 1 is 1.47 bits per heavy atom. The van der Waals surface area contributed by atoms with Gasteiger partial charge in [-0.05, 0) is 28.1 Å². The van der Waals surface area contributed by atoms with Gasteiger partial charge in [-0.15, -0.1) is 0 Å². The second kappa shape index (κ2) is 4.93. The average Bonchev–Trinajstić information content (AvgIpc) is 2.64. The molecule has 1 aromatic carbocycles. The normalized spacial score (nSPS) is 20.4. The predicted molar refractivity (Wildman–Crippen MR) is 71.4 cm³/mol. The summed E-state index contributed by atoms with van der Waals surface area (Å²) in [6.45, 7) is 0. The summed E-state index contributed by atoms with van der Waals surface area (Å²) in [5.74, 6) is -2.16. The van der Waals surface area contributed by atoms with Crippen LogP contribution in [-0.4, -0.2) is 31.3 Å². The second-order valence-electron chi connectivity index (χ2n) is 4.00. The summed E-state index contributed by atoms with van der Waals surface area (Å²) in [7, 11) is -3.23. The number of carbonyl (C=O) groups is 1. The molecule has 1 aromatic rings. The van der Waals surface area contributed by atoms with E-state index in [0.29, 0.717) is 0 Å². The van der Waals surface area contributed by atoms with Gasteiger partial charge in [0.25, 0.3) is 0 Å². The van der Waals surface area contributed by atoms with E-state index in [-0.39, 0.29) is 21.5 Å². The number of rotatable bonds is 3. The van der Waals surface area contributed by atoms with Gasteiger partial charge >= 0.3 is 5.97 Å². The molecule has 0 saturated carbocycles. The molecule has 0 aliphatic carbocycles. The fraction of sp³-hybridized carbons (Fsp3) is 0.182. The van der Waals surface area contributed by atoms with E-state index in [1.165, 1.54) is 18.2 Å². The molecule has 0 radical (unpaired) electrons. The van der Waals surface area contributed by atoms with Crippen LogP contribution in [0.1, 0.15) is 10.4 Å². The first-order valence-corrected chi connectivity index (χ1v) is 7.70. The van der Waals surface area contributed by atoms with Gasteiger partial charge in [-0.2, -0.15) is 0 Å². The van der Waals surface area contributed by atoms with Gasteiger partial charge in [0.2, 0.25) is 0 Å². The van der Waals surface area contributed by atoms with Crippen molar-refractivity contribution >= 4 is 37.4 Å². The zero-order valence-electron chi connectivity index (χ0n) is 9.43. The van der Waals surface area contributed by atoms with Crippen LogP contribution in [0.2, 0.25) is 0 Å². The molecule has 0 bridgehead atoms. The number of halogens is 2. The van der Waals surface area contributed by atoms with Crippen molar-refractivity contribution in [3.05, 3.63) is 39.5 Å². The van der Waals surface area contributed by atoms with Crippen molar-refractivity contribution in [2.75, 3.05) is 11.1 Å². The van der Waals surface area contributed by atoms with E-state index in [4.69, 9.17) is 5.11 Å². The molecule has 8 heteroatoms. The van der Waals surface area contributed by atoms with Crippen molar-refractivity contribution < 1.29 is 22.7 Å². The summed E-state index contributed by atoms with van der Waals surface area (Å²) in [4.78, 5) is 10.8. The highest BCUT2D eigenvalue weighted by molar-refractivity contribution is 9.10. The molecule has 1 heterocycles. The van der Waals surface area contributed by atoms with Gasteiger partial charge in [0, 0.05) is 5.41 Å². The van der Waals surface area contributed by atoms with Gasteiger partial charge in [0.05, 0.1) is 27.5 Å². The molecule has 19 heavy (non-hydrogen) atoms. The molecule has 1 aliphatic rings. The summed E-state index contributed by atoms with van der Waals surface area (Å²) < 4.78 is 36.2. The fourth-order valence-corrected chi connectivity index (χ4v) is 3.44. The molecule has 0 spiro atoms. The minimum Gasteiger partial charge on any atom is -0.478 e. The first-order chi connectivity index (χ1) is 8.80. The topological polar surface area (TPSA) is 83.5 Å². The van der Waals surface area contributed by atoms with Crippen LogP contribution in [0.25, 0.3) is 0 Å². The van der Waals surface area contributed by atoms with Crippen molar-refractivity contribution in [2.45, 2.75) is 6.04 Å². The monoisotopic (exact) mass is 349 g/mol. The highest BCUT2D eigenvalue weighted by atomic mass is 79.9. The van der Waals surface area contributed by atoms with Crippen molar-refractivity contribution in [3.8, 4) is 0 Å². The average molecular weight is 350 g/mol.